The zero-order chi connectivity index (χ0) is 19.5. The van der Waals surface area contributed by atoms with E-state index in [-0.39, 0.29) is 5.97 Å². The SMILES string of the molecule is COC(=O)c1ccccc1Nc1c(C2CCOCC2)cnc2ccc(Cl)cc12. The van der Waals surface area contributed by atoms with E-state index in [4.69, 9.17) is 21.1 Å². The molecule has 1 aliphatic rings. The highest BCUT2D eigenvalue weighted by molar-refractivity contribution is 6.31. The molecule has 1 saturated heterocycles. The summed E-state index contributed by atoms with van der Waals surface area (Å²) in [5.74, 6) is -0.0514. The number of hydrogen-bond donors (Lipinski definition) is 1. The molecule has 3 aromatic rings. The van der Waals surface area contributed by atoms with Gasteiger partial charge in [0.1, 0.15) is 0 Å². The number of carbonyl (C=O) groups is 1. The third-order valence-corrected chi connectivity index (χ3v) is 5.35. The van der Waals surface area contributed by atoms with Crippen molar-refractivity contribution in [1.82, 2.24) is 4.98 Å². The third-order valence-electron chi connectivity index (χ3n) is 5.11. The number of methoxy groups -OCH3 is 1. The summed E-state index contributed by atoms with van der Waals surface area (Å²) in [6.07, 6.45) is 3.79. The Hall–Kier alpha value is -2.63. The molecule has 0 saturated carbocycles. The van der Waals surface area contributed by atoms with Crippen molar-refractivity contribution in [2.45, 2.75) is 18.8 Å². The standard InChI is InChI=1S/C22H21ClN2O3/c1-27-22(26)16-4-2-3-5-20(16)25-21-17-12-15(23)6-7-19(17)24-13-18(21)14-8-10-28-11-9-14/h2-7,12-14H,8-11H2,1H3,(H,24,25). The summed E-state index contributed by atoms with van der Waals surface area (Å²) in [4.78, 5) is 16.9. The molecule has 0 atom stereocenters. The molecule has 2 aromatic carbocycles. The molecule has 2 heterocycles. The lowest BCUT2D eigenvalue weighted by atomic mass is 9.90. The van der Waals surface area contributed by atoms with Crippen LogP contribution in [0.4, 0.5) is 11.4 Å². The first kappa shape index (κ1) is 18.7. The molecule has 5 nitrogen and oxygen atoms in total. The van der Waals surface area contributed by atoms with E-state index in [0.717, 1.165) is 48.2 Å². The Balaban J connectivity index is 1.86. The predicted octanol–water partition coefficient (Wildman–Crippen LogP) is 5.31. The van der Waals surface area contributed by atoms with E-state index in [1.807, 2.05) is 42.6 Å². The van der Waals surface area contributed by atoms with Crippen molar-refractivity contribution in [2.24, 2.45) is 0 Å². The largest absolute Gasteiger partial charge is 0.465 e. The number of nitrogens with one attached hydrogen (secondary N) is 1. The highest BCUT2D eigenvalue weighted by atomic mass is 35.5. The summed E-state index contributed by atoms with van der Waals surface area (Å²) >= 11 is 6.29. The van der Waals surface area contributed by atoms with Crippen LogP contribution in [0.3, 0.4) is 0 Å². The quantitative estimate of drug-likeness (QED) is 0.605. The van der Waals surface area contributed by atoms with Crippen molar-refractivity contribution < 1.29 is 14.3 Å². The summed E-state index contributed by atoms with van der Waals surface area (Å²) in [6.45, 7) is 1.47. The van der Waals surface area contributed by atoms with E-state index in [1.165, 1.54) is 7.11 Å². The first-order valence-corrected chi connectivity index (χ1v) is 9.65. The van der Waals surface area contributed by atoms with Crippen molar-refractivity contribution in [3.63, 3.8) is 0 Å². The van der Waals surface area contributed by atoms with Gasteiger partial charge in [0.15, 0.2) is 0 Å². The van der Waals surface area contributed by atoms with E-state index in [2.05, 4.69) is 10.3 Å². The molecule has 0 spiro atoms. The fourth-order valence-electron chi connectivity index (χ4n) is 3.65. The highest BCUT2D eigenvalue weighted by Gasteiger charge is 2.22. The van der Waals surface area contributed by atoms with Crippen molar-refractivity contribution in [3.05, 3.63) is 64.8 Å². The number of halogens is 1. The van der Waals surface area contributed by atoms with Gasteiger partial charge in [-0.2, -0.15) is 0 Å². The van der Waals surface area contributed by atoms with Gasteiger partial charge in [-0.3, -0.25) is 4.98 Å². The van der Waals surface area contributed by atoms with Crippen LogP contribution < -0.4 is 5.32 Å². The van der Waals surface area contributed by atoms with Crippen LogP contribution in [0.2, 0.25) is 5.02 Å². The van der Waals surface area contributed by atoms with Crippen LogP contribution in [0.5, 0.6) is 0 Å². The van der Waals surface area contributed by atoms with Crippen molar-refractivity contribution in [3.8, 4) is 0 Å². The minimum Gasteiger partial charge on any atom is -0.465 e. The smallest absolute Gasteiger partial charge is 0.339 e. The maximum absolute atomic E-state index is 12.2. The number of ether oxygens (including phenoxy) is 2. The molecule has 1 aromatic heterocycles. The molecule has 1 aliphatic heterocycles. The van der Waals surface area contributed by atoms with Gasteiger partial charge in [-0.05, 0) is 54.7 Å². The Kier molecular flexibility index (Phi) is 5.46. The fourth-order valence-corrected chi connectivity index (χ4v) is 3.82. The molecule has 0 amide bonds. The van der Waals surface area contributed by atoms with E-state index in [1.54, 1.807) is 6.07 Å². The Morgan fingerprint density at radius 3 is 2.79 bits per heavy atom. The van der Waals surface area contributed by atoms with Crippen LogP contribution in [0.1, 0.15) is 34.7 Å². The number of pyridine rings is 1. The number of benzene rings is 2. The number of carbonyl (C=O) groups excluding carboxylic acids is 1. The van der Waals surface area contributed by atoms with Gasteiger partial charge in [0.25, 0.3) is 0 Å². The summed E-state index contributed by atoms with van der Waals surface area (Å²) in [7, 11) is 1.38. The normalized spacial score (nSPS) is 14.8. The van der Waals surface area contributed by atoms with Crippen molar-refractivity contribution >= 4 is 39.8 Å². The summed E-state index contributed by atoms with van der Waals surface area (Å²) in [6, 6.07) is 13.0. The molecular weight excluding hydrogens is 376 g/mol. The molecule has 0 aliphatic carbocycles. The van der Waals surface area contributed by atoms with Gasteiger partial charge in [-0.1, -0.05) is 23.7 Å². The lowest BCUT2D eigenvalue weighted by molar-refractivity contribution is 0.0602. The average molecular weight is 397 g/mol. The molecule has 0 unspecified atom stereocenters. The molecule has 1 fully saturated rings. The van der Waals surface area contributed by atoms with Gasteiger partial charge in [0.05, 0.1) is 29.6 Å². The molecule has 1 N–H and O–H groups in total. The van der Waals surface area contributed by atoms with Gasteiger partial charge in [0, 0.05) is 29.8 Å². The third kappa shape index (κ3) is 3.68. The number of anilines is 2. The Morgan fingerprint density at radius 1 is 1.21 bits per heavy atom. The number of para-hydroxylation sites is 1. The van der Waals surface area contributed by atoms with Crippen LogP contribution in [-0.2, 0) is 9.47 Å². The van der Waals surface area contributed by atoms with Crippen LogP contribution in [-0.4, -0.2) is 31.3 Å². The number of fused-ring (bicyclic) bond motifs is 1. The second-order valence-electron chi connectivity index (χ2n) is 6.80. The lowest BCUT2D eigenvalue weighted by Crippen LogP contribution is -2.16. The van der Waals surface area contributed by atoms with Crippen molar-refractivity contribution in [1.29, 1.82) is 0 Å². The number of rotatable bonds is 4. The maximum Gasteiger partial charge on any atom is 0.339 e. The molecular formula is C22H21ClN2O3. The van der Waals surface area contributed by atoms with E-state index >= 15 is 0 Å². The highest BCUT2D eigenvalue weighted by Crippen LogP contribution is 2.38. The topological polar surface area (TPSA) is 60.5 Å². The van der Waals surface area contributed by atoms with Gasteiger partial charge < -0.3 is 14.8 Å². The lowest BCUT2D eigenvalue weighted by Gasteiger charge is -2.26. The number of esters is 1. The average Bonchev–Trinajstić information content (AvgIpc) is 2.74. The Bertz CT molecular complexity index is 1020. The van der Waals surface area contributed by atoms with E-state index < -0.39 is 0 Å². The van der Waals surface area contributed by atoms with Crippen LogP contribution in [0, 0.1) is 0 Å². The number of nitrogens with zero attached hydrogens (tertiary/aromatic N) is 1. The molecule has 6 heteroatoms. The van der Waals surface area contributed by atoms with E-state index in [0.29, 0.717) is 22.2 Å². The Labute approximate surface area is 168 Å². The Morgan fingerprint density at radius 2 is 2.00 bits per heavy atom. The first-order valence-electron chi connectivity index (χ1n) is 9.27. The zero-order valence-corrected chi connectivity index (χ0v) is 16.3. The molecule has 4 rings (SSSR count). The fraction of sp³-hybridized carbons (Fsp3) is 0.273. The van der Waals surface area contributed by atoms with E-state index in [9.17, 15) is 4.79 Å². The molecule has 0 radical (unpaired) electrons. The van der Waals surface area contributed by atoms with Gasteiger partial charge >= 0.3 is 5.97 Å². The number of hydrogen-bond acceptors (Lipinski definition) is 5. The monoisotopic (exact) mass is 396 g/mol. The first-order chi connectivity index (χ1) is 13.7. The summed E-state index contributed by atoms with van der Waals surface area (Å²) in [5, 5.41) is 5.05. The zero-order valence-electron chi connectivity index (χ0n) is 15.6. The summed E-state index contributed by atoms with van der Waals surface area (Å²) < 4.78 is 10.5. The van der Waals surface area contributed by atoms with Crippen LogP contribution >= 0.6 is 11.6 Å². The van der Waals surface area contributed by atoms with Crippen LogP contribution in [0.15, 0.2) is 48.7 Å². The maximum atomic E-state index is 12.2. The van der Waals surface area contributed by atoms with Gasteiger partial charge in [-0.15, -0.1) is 0 Å². The summed E-state index contributed by atoms with van der Waals surface area (Å²) in [5.41, 5.74) is 4.05. The molecule has 144 valence electrons. The second-order valence-corrected chi connectivity index (χ2v) is 7.24. The second kappa shape index (κ2) is 8.17. The minimum absolute atomic E-state index is 0.331. The predicted molar refractivity (Wildman–Crippen MR) is 111 cm³/mol. The number of aromatic nitrogens is 1. The molecule has 0 bridgehead atoms. The van der Waals surface area contributed by atoms with Gasteiger partial charge in [0.2, 0.25) is 0 Å². The minimum atomic E-state index is -0.382. The van der Waals surface area contributed by atoms with Crippen molar-refractivity contribution in [2.75, 3.05) is 25.6 Å². The van der Waals surface area contributed by atoms with Gasteiger partial charge in [-0.25, -0.2) is 4.79 Å². The van der Waals surface area contributed by atoms with Crippen LogP contribution in [0.25, 0.3) is 10.9 Å². The molecule has 28 heavy (non-hydrogen) atoms.